The molecule has 2 aliphatic heterocycles. The second-order valence-electron chi connectivity index (χ2n) is 7.36. The number of carbonyl (C=O) groups excluding carboxylic acids is 3. The summed E-state index contributed by atoms with van der Waals surface area (Å²) in [6.07, 6.45) is 2.41. The Hall–Kier alpha value is -2.42. The first-order valence-electron chi connectivity index (χ1n) is 9.71. The smallest absolute Gasteiger partial charge is 0.327 e. The molecule has 9 heteroatoms. The van der Waals surface area contributed by atoms with Gasteiger partial charge in [-0.3, -0.25) is 14.5 Å². The molecule has 154 valence electrons. The minimum atomic E-state index is -0.245. The highest BCUT2D eigenvalue weighted by Gasteiger charge is 2.40. The molecule has 0 unspecified atom stereocenters. The molecule has 4 amide bonds. The second kappa shape index (κ2) is 8.72. The molecule has 0 bridgehead atoms. The zero-order valence-corrected chi connectivity index (χ0v) is 16.8. The molecule has 0 aliphatic carbocycles. The lowest BCUT2D eigenvalue weighted by Gasteiger charge is -2.36. The number of urea groups is 1. The Labute approximate surface area is 164 Å². The molecule has 0 radical (unpaired) electrons. The highest BCUT2D eigenvalue weighted by atomic mass is 16.5. The third-order valence-corrected chi connectivity index (χ3v) is 5.63. The summed E-state index contributed by atoms with van der Waals surface area (Å²) >= 11 is 0. The number of aryl methyl sites for hydroxylation is 2. The maximum absolute atomic E-state index is 12.5. The average molecular weight is 392 g/mol. The monoisotopic (exact) mass is 392 g/mol. The molecule has 28 heavy (non-hydrogen) atoms. The molecule has 0 spiro atoms. The number of piperidine rings is 1. The number of nitrogens with zero attached hydrogens (tertiary/aromatic N) is 4. The first-order valence-corrected chi connectivity index (χ1v) is 9.71. The topological polar surface area (TPSA) is 96.2 Å². The van der Waals surface area contributed by atoms with Gasteiger partial charge in [0, 0.05) is 38.2 Å². The van der Waals surface area contributed by atoms with E-state index in [-0.39, 0.29) is 37.0 Å². The van der Waals surface area contributed by atoms with Crippen LogP contribution in [-0.4, -0.2) is 83.6 Å². The van der Waals surface area contributed by atoms with Crippen LogP contribution in [0, 0.1) is 13.8 Å². The molecule has 1 aromatic rings. The lowest BCUT2D eigenvalue weighted by Crippen LogP contribution is -2.48. The number of carbonyl (C=O) groups is 3. The van der Waals surface area contributed by atoms with Crippen molar-refractivity contribution in [2.75, 3.05) is 39.9 Å². The number of methoxy groups -OCH3 is 1. The lowest BCUT2D eigenvalue weighted by molar-refractivity contribution is -0.132. The van der Waals surface area contributed by atoms with Crippen LogP contribution in [0.25, 0.3) is 0 Å². The number of rotatable bonds is 7. The van der Waals surface area contributed by atoms with Gasteiger partial charge in [0.25, 0.3) is 0 Å². The number of ether oxygens (including phenoxy) is 1. The first kappa shape index (κ1) is 20.3. The van der Waals surface area contributed by atoms with E-state index in [1.54, 1.807) is 12.0 Å². The van der Waals surface area contributed by atoms with Gasteiger partial charge in [-0.1, -0.05) is 5.16 Å². The zero-order chi connectivity index (χ0) is 20.3. The SMILES string of the molecule is COCCN1C(=O)CN(C2CCN(C(=O)CCc3c(C)noc3C)CC2)C1=O. The summed E-state index contributed by atoms with van der Waals surface area (Å²) in [5.74, 6) is 0.684. The van der Waals surface area contributed by atoms with Crippen molar-refractivity contribution in [1.29, 1.82) is 0 Å². The largest absolute Gasteiger partial charge is 0.383 e. The molecule has 0 saturated carbocycles. The zero-order valence-electron chi connectivity index (χ0n) is 16.8. The molecule has 3 heterocycles. The number of hydrogen-bond acceptors (Lipinski definition) is 6. The van der Waals surface area contributed by atoms with Gasteiger partial charge in [-0.25, -0.2) is 4.79 Å². The van der Waals surface area contributed by atoms with Crippen molar-refractivity contribution in [2.45, 2.75) is 45.6 Å². The summed E-state index contributed by atoms with van der Waals surface area (Å²) in [5.41, 5.74) is 1.83. The molecular weight excluding hydrogens is 364 g/mol. The van der Waals surface area contributed by atoms with E-state index in [2.05, 4.69) is 5.16 Å². The van der Waals surface area contributed by atoms with Crippen LogP contribution in [0.4, 0.5) is 4.79 Å². The minimum absolute atomic E-state index is 0.00407. The molecule has 1 aromatic heterocycles. The van der Waals surface area contributed by atoms with E-state index >= 15 is 0 Å². The fourth-order valence-electron chi connectivity index (χ4n) is 3.92. The van der Waals surface area contributed by atoms with E-state index in [4.69, 9.17) is 9.26 Å². The Kier molecular flexibility index (Phi) is 6.33. The molecule has 0 atom stereocenters. The van der Waals surface area contributed by atoms with Gasteiger partial charge in [0.1, 0.15) is 12.3 Å². The number of likely N-dealkylation sites (tertiary alicyclic amines) is 1. The van der Waals surface area contributed by atoms with Crippen LogP contribution in [0.15, 0.2) is 4.52 Å². The third kappa shape index (κ3) is 4.19. The van der Waals surface area contributed by atoms with Crippen LogP contribution in [0.5, 0.6) is 0 Å². The van der Waals surface area contributed by atoms with Crippen LogP contribution in [0.3, 0.4) is 0 Å². The maximum Gasteiger partial charge on any atom is 0.327 e. The van der Waals surface area contributed by atoms with Crippen molar-refractivity contribution in [1.82, 2.24) is 19.9 Å². The predicted molar refractivity (Wildman–Crippen MR) is 99.6 cm³/mol. The van der Waals surface area contributed by atoms with E-state index in [0.717, 1.165) is 17.0 Å². The summed E-state index contributed by atoms with van der Waals surface area (Å²) in [7, 11) is 1.54. The van der Waals surface area contributed by atoms with E-state index < -0.39 is 0 Å². The Balaban J connectivity index is 1.48. The Morgan fingerprint density at radius 3 is 2.57 bits per heavy atom. The van der Waals surface area contributed by atoms with E-state index in [1.807, 2.05) is 18.7 Å². The molecule has 2 saturated heterocycles. The van der Waals surface area contributed by atoms with Crippen molar-refractivity contribution in [2.24, 2.45) is 0 Å². The fourth-order valence-corrected chi connectivity index (χ4v) is 3.92. The highest BCUT2D eigenvalue weighted by molar-refractivity contribution is 6.02. The van der Waals surface area contributed by atoms with Gasteiger partial charge < -0.3 is 19.1 Å². The highest BCUT2D eigenvalue weighted by Crippen LogP contribution is 2.23. The predicted octanol–water partition coefficient (Wildman–Crippen LogP) is 1.13. The Bertz CT molecular complexity index is 719. The van der Waals surface area contributed by atoms with E-state index in [0.29, 0.717) is 45.4 Å². The van der Waals surface area contributed by atoms with Crippen LogP contribution in [0.1, 0.15) is 36.3 Å². The van der Waals surface area contributed by atoms with Crippen LogP contribution >= 0.6 is 0 Å². The summed E-state index contributed by atoms with van der Waals surface area (Å²) in [4.78, 5) is 41.9. The van der Waals surface area contributed by atoms with Crippen molar-refractivity contribution in [3.8, 4) is 0 Å². The number of aromatic nitrogens is 1. The molecule has 2 aliphatic rings. The quantitative estimate of drug-likeness (QED) is 0.646. The summed E-state index contributed by atoms with van der Waals surface area (Å²) in [6, 6.07) is -0.249. The number of hydrogen-bond donors (Lipinski definition) is 0. The van der Waals surface area contributed by atoms with Crippen molar-refractivity contribution in [3.05, 3.63) is 17.0 Å². The summed E-state index contributed by atoms with van der Waals surface area (Å²) < 4.78 is 10.1. The number of imide groups is 1. The molecule has 0 N–H and O–H groups in total. The van der Waals surface area contributed by atoms with Crippen molar-refractivity contribution < 1.29 is 23.6 Å². The summed E-state index contributed by atoms with van der Waals surface area (Å²) in [5, 5.41) is 3.92. The Morgan fingerprint density at radius 1 is 1.25 bits per heavy atom. The van der Waals surface area contributed by atoms with Crippen LogP contribution in [0.2, 0.25) is 0 Å². The van der Waals surface area contributed by atoms with Gasteiger partial charge in [-0.05, 0) is 33.1 Å². The Morgan fingerprint density at radius 2 is 1.96 bits per heavy atom. The van der Waals surface area contributed by atoms with Gasteiger partial charge in [0.2, 0.25) is 11.8 Å². The second-order valence-corrected chi connectivity index (χ2v) is 7.36. The molecule has 9 nitrogen and oxygen atoms in total. The normalized spacial score (nSPS) is 18.5. The molecule has 0 aromatic carbocycles. The fraction of sp³-hybridized carbons (Fsp3) is 0.684. The first-order chi connectivity index (χ1) is 13.4. The van der Waals surface area contributed by atoms with Gasteiger partial charge >= 0.3 is 6.03 Å². The van der Waals surface area contributed by atoms with Crippen molar-refractivity contribution in [3.63, 3.8) is 0 Å². The van der Waals surface area contributed by atoms with Crippen LogP contribution < -0.4 is 0 Å². The van der Waals surface area contributed by atoms with E-state index in [1.165, 1.54) is 4.90 Å². The van der Waals surface area contributed by atoms with Crippen LogP contribution in [-0.2, 0) is 20.7 Å². The van der Waals surface area contributed by atoms with Gasteiger partial charge in [0.05, 0.1) is 18.8 Å². The lowest BCUT2D eigenvalue weighted by atomic mass is 10.0. The number of amides is 4. The molecule has 2 fully saturated rings. The maximum atomic E-state index is 12.5. The summed E-state index contributed by atoms with van der Waals surface area (Å²) in [6.45, 7) is 5.67. The van der Waals surface area contributed by atoms with Crippen molar-refractivity contribution >= 4 is 17.8 Å². The van der Waals surface area contributed by atoms with Gasteiger partial charge in [-0.2, -0.15) is 0 Å². The van der Waals surface area contributed by atoms with E-state index in [9.17, 15) is 14.4 Å². The van der Waals surface area contributed by atoms with Gasteiger partial charge in [0.15, 0.2) is 0 Å². The molecule has 3 rings (SSSR count). The standard InChI is InChI=1S/C19H28N4O5/c1-13-16(14(2)28-20-13)4-5-17(24)21-8-6-15(7-9-21)23-12-18(25)22(19(23)26)10-11-27-3/h15H,4-12H2,1-3H3. The average Bonchev–Trinajstić information content (AvgIpc) is 3.16. The minimum Gasteiger partial charge on any atom is -0.383 e. The molecular formula is C19H28N4O5. The third-order valence-electron chi connectivity index (χ3n) is 5.63. The van der Waals surface area contributed by atoms with Gasteiger partial charge in [-0.15, -0.1) is 0 Å².